The third-order valence-corrected chi connectivity index (χ3v) is 2.56. The fourth-order valence-electron chi connectivity index (χ4n) is 1.77. The average Bonchev–Trinajstić information content (AvgIpc) is 2.33. The van der Waals surface area contributed by atoms with Crippen LogP contribution in [0.2, 0.25) is 0 Å². The highest BCUT2D eigenvalue weighted by atomic mass is 16.6. The van der Waals surface area contributed by atoms with Crippen LogP contribution in [0.25, 0.3) is 6.08 Å². The van der Waals surface area contributed by atoms with Gasteiger partial charge in [-0.2, -0.15) is 0 Å². The van der Waals surface area contributed by atoms with E-state index in [1.807, 2.05) is 57.2 Å². The van der Waals surface area contributed by atoms with E-state index in [9.17, 15) is 9.59 Å². The smallest absolute Gasteiger partial charge is 0.407 e. The van der Waals surface area contributed by atoms with Gasteiger partial charge in [0.25, 0.3) is 0 Å². The highest BCUT2D eigenvalue weighted by Gasteiger charge is 2.14. The van der Waals surface area contributed by atoms with Gasteiger partial charge in [0.15, 0.2) is 0 Å². The average molecular weight is 289 g/mol. The standard InChI is InChI=1S/C17H23NO3/c1-13(19)12-15-9-6-5-8-14(15)10-7-11-18-16(20)21-17(2,3)4/h5-10H,11-12H2,1-4H3,(H,18,20). The van der Waals surface area contributed by atoms with E-state index in [2.05, 4.69) is 5.32 Å². The van der Waals surface area contributed by atoms with Crippen molar-refractivity contribution in [1.29, 1.82) is 0 Å². The fourth-order valence-corrected chi connectivity index (χ4v) is 1.77. The molecule has 1 aromatic carbocycles. The molecule has 0 aromatic heterocycles. The molecule has 1 rings (SSSR count). The molecule has 0 fully saturated rings. The first-order valence-corrected chi connectivity index (χ1v) is 6.98. The van der Waals surface area contributed by atoms with Gasteiger partial charge in [-0.1, -0.05) is 36.4 Å². The maximum absolute atomic E-state index is 11.5. The summed E-state index contributed by atoms with van der Waals surface area (Å²) in [4.78, 5) is 22.7. The number of hydrogen-bond donors (Lipinski definition) is 1. The Morgan fingerprint density at radius 3 is 2.52 bits per heavy atom. The highest BCUT2D eigenvalue weighted by molar-refractivity contribution is 5.79. The quantitative estimate of drug-likeness (QED) is 0.904. The summed E-state index contributed by atoms with van der Waals surface area (Å²) in [6, 6.07) is 7.71. The predicted molar refractivity (Wildman–Crippen MR) is 84.1 cm³/mol. The van der Waals surface area contributed by atoms with Gasteiger partial charge in [-0.15, -0.1) is 0 Å². The van der Waals surface area contributed by atoms with E-state index in [-0.39, 0.29) is 5.78 Å². The lowest BCUT2D eigenvalue weighted by atomic mass is 10.0. The van der Waals surface area contributed by atoms with Gasteiger partial charge in [0.2, 0.25) is 0 Å². The summed E-state index contributed by atoms with van der Waals surface area (Å²) in [5.41, 5.74) is 1.47. The SMILES string of the molecule is CC(=O)Cc1ccccc1C=CCNC(=O)OC(C)(C)C. The van der Waals surface area contributed by atoms with Gasteiger partial charge in [0, 0.05) is 13.0 Å². The van der Waals surface area contributed by atoms with Crippen LogP contribution < -0.4 is 5.32 Å². The molecule has 0 saturated carbocycles. The van der Waals surface area contributed by atoms with Crippen LogP contribution >= 0.6 is 0 Å². The lowest BCUT2D eigenvalue weighted by Gasteiger charge is -2.19. The van der Waals surface area contributed by atoms with E-state index in [0.29, 0.717) is 13.0 Å². The molecule has 1 amide bonds. The number of alkyl carbamates (subject to hydrolysis) is 1. The van der Waals surface area contributed by atoms with Crippen molar-refractivity contribution in [3.05, 3.63) is 41.5 Å². The number of nitrogens with one attached hydrogen (secondary N) is 1. The number of rotatable bonds is 5. The number of benzene rings is 1. The number of carbonyl (C=O) groups is 2. The summed E-state index contributed by atoms with van der Waals surface area (Å²) in [5.74, 6) is 0.128. The number of ether oxygens (including phenoxy) is 1. The first-order valence-electron chi connectivity index (χ1n) is 6.98. The Bertz CT molecular complexity index is 527. The number of ketones is 1. The van der Waals surface area contributed by atoms with Crippen LogP contribution in [0.1, 0.15) is 38.8 Å². The molecule has 0 aliphatic heterocycles. The summed E-state index contributed by atoms with van der Waals surface area (Å²) in [7, 11) is 0. The van der Waals surface area contributed by atoms with Crippen LogP contribution in [0, 0.1) is 0 Å². The number of Topliss-reactive ketones (excluding diaryl/α,β-unsaturated/α-hetero) is 1. The lowest BCUT2D eigenvalue weighted by Crippen LogP contribution is -2.32. The van der Waals surface area contributed by atoms with Crippen molar-refractivity contribution in [1.82, 2.24) is 5.32 Å². The Morgan fingerprint density at radius 2 is 1.90 bits per heavy atom. The summed E-state index contributed by atoms with van der Waals surface area (Å²) in [6.07, 6.45) is 3.71. The zero-order valence-electron chi connectivity index (χ0n) is 13.1. The normalized spacial score (nSPS) is 11.4. The van der Waals surface area contributed by atoms with E-state index in [0.717, 1.165) is 11.1 Å². The second-order valence-electron chi connectivity index (χ2n) is 5.86. The van der Waals surface area contributed by atoms with E-state index < -0.39 is 11.7 Å². The molecule has 0 bridgehead atoms. The molecular weight excluding hydrogens is 266 g/mol. The number of hydrogen-bond acceptors (Lipinski definition) is 3. The molecule has 4 nitrogen and oxygen atoms in total. The molecule has 0 atom stereocenters. The predicted octanol–water partition coefficient (Wildman–Crippen LogP) is 3.36. The molecule has 0 aliphatic carbocycles. The van der Waals surface area contributed by atoms with E-state index in [1.165, 1.54) is 0 Å². The molecule has 0 unspecified atom stereocenters. The third kappa shape index (κ3) is 7.30. The van der Waals surface area contributed by atoms with Crippen LogP contribution in [0.15, 0.2) is 30.3 Å². The maximum Gasteiger partial charge on any atom is 0.407 e. The summed E-state index contributed by atoms with van der Waals surface area (Å²) in [6.45, 7) is 7.41. The summed E-state index contributed by atoms with van der Waals surface area (Å²) < 4.78 is 5.14. The monoisotopic (exact) mass is 289 g/mol. The first-order chi connectivity index (χ1) is 9.78. The molecular formula is C17H23NO3. The van der Waals surface area contributed by atoms with E-state index >= 15 is 0 Å². The van der Waals surface area contributed by atoms with E-state index in [1.54, 1.807) is 6.92 Å². The van der Waals surface area contributed by atoms with Crippen LogP contribution in [-0.4, -0.2) is 24.0 Å². The van der Waals surface area contributed by atoms with Crippen LogP contribution in [-0.2, 0) is 16.0 Å². The molecule has 0 aliphatic rings. The number of amides is 1. The molecule has 1 aromatic rings. The van der Waals surface area contributed by atoms with Gasteiger partial charge in [-0.3, -0.25) is 4.79 Å². The molecule has 0 spiro atoms. The van der Waals surface area contributed by atoms with Crippen molar-refractivity contribution in [3.63, 3.8) is 0 Å². The maximum atomic E-state index is 11.5. The topological polar surface area (TPSA) is 55.4 Å². The summed E-state index contributed by atoms with van der Waals surface area (Å²) in [5, 5.41) is 2.65. The van der Waals surface area contributed by atoms with Crippen molar-refractivity contribution in [2.45, 2.75) is 39.7 Å². The molecule has 0 radical (unpaired) electrons. The van der Waals surface area contributed by atoms with Crippen molar-refractivity contribution in [3.8, 4) is 0 Å². The molecule has 0 heterocycles. The van der Waals surface area contributed by atoms with Gasteiger partial charge in [-0.25, -0.2) is 4.79 Å². The molecule has 1 N–H and O–H groups in total. The highest BCUT2D eigenvalue weighted by Crippen LogP contribution is 2.12. The first kappa shape index (κ1) is 17.0. The Kier molecular flexibility index (Phi) is 6.15. The number of carbonyl (C=O) groups excluding carboxylic acids is 2. The minimum absolute atomic E-state index is 0.128. The third-order valence-electron chi connectivity index (χ3n) is 2.56. The molecule has 21 heavy (non-hydrogen) atoms. The van der Waals surface area contributed by atoms with Crippen LogP contribution in [0.3, 0.4) is 0 Å². The van der Waals surface area contributed by atoms with Crippen molar-refractivity contribution < 1.29 is 14.3 Å². The Balaban J connectivity index is 2.54. The lowest BCUT2D eigenvalue weighted by molar-refractivity contribution is -0.116. The molecule has 0 saturated heterocycles. The zero-order chi connectivity index (χ0) is 15.9. The summed E-state index contributed by atoms with van der Waals surface area (Å²) >= 11 is 0. The zero-order valence-corrected chi connectivity index (χ0v) is 13.1. The van der Waals surface area contributed by atoms with Crippen LogP contribution in [0.4, 0.5) is 4.79 Å². The van der Waals surface area contributed by atoms with Crippen molar-refractivity contribution >= 4 is 18.0 Å². The van der Waals surface area contributed by atoms with Crippen molar-refractivity contribution in [2.24, 2.45) is 0 Å². The fraction of sp³-hybridized carbons (Fsp3) is 0.412. The van der Waals surface area contributed by atoms with Gasteiger partial charge >= 0.3 is 6.09 Å². The van der Waals surface area contributed by atoms with Gasteiger partial charge in [0.1, 0.15) is 11.4 Å². The van der Waals surface area contributed by atoms with Crippen LogP contribution in [0.5, 0.6) is 0 Å². The minimum Gasteiger partial charge on any atom is -0.444 e. The minimum atomic E-state index is -0.498. The van der Waals surface area contributed by atoms with Gasteiger partial charge in [-0.05, 0) is 38.8 Å². The second-order valence-corrected chi connectivity index (χ2v) is 5.86. The van der Waals surface area contributed by atoms with Gasteiger partial charge < -0.3 is 10.1 Å². The second kappa shape index (κ2) is 7.62. The molecule has 4 heteroatoms. The Hall–Kier alpha value is -2.10. The Labute approximate surface area is 126 Å². The Morgan fingerprint density at radius 1 is 1.24 bits per heavy atom. The van der Waals surface area contributed by atoms with Crippen molar-refractivity contribution in [2.75, 3.05) is 6.54 Å². The largest absolute Gasteiger partial charge is 0.444 e. The van der Waals surface area contributed by atoms with E-state index in [4.69, 9.17) is 4.74 Å². The molecule has 114 valence electrons. The van der Waals surface area contributed by atoms with Gasteiger partial charge in [0.05, 0.1) is 0 Å².